The summed E-state index contributed by atoms with van der Waals surface area (Å²) in [5, 5.41) is -0.550. The van der Waals surface area contributed by atoms with Crippen LogP contribution in [0.15, 0.2) is 52.2 Å². The maximum Gasteiger partial charge on any atom is 0.331 e. The Kier molecular flexibility index (Phi) is 3.60. The minimum absolute atomic E-state index is 0.160. The molecule has 0 fully saturated rings. The first-order valence-corrected chi connectivity index (χ1v) is 8.60. The Bertz CT molecular complexity index is 1030. The van der Waals surface area contributed by atoms with Gasteiger partial charge in [0.15, 0.2) is 9.84 Å². The monoisotopic (exact) mass is 334 g/mol. The number of sulfone groups is 1. The molecule has 7 heteroatoms. The second-order valence-corrected chi connectivity index (χ2v) is 8.02. The zero-order valence-electron chi connectivity index (χ0n) is 12.6. The van der Waals surface area contributed by atoms with Crippen LogP contribution in [0.5, 0.6) is 0 Å². The van der Waals surface area contributed by atoms with Crippen LogP contribution < -0.4 is 5.69 Å². The molecule has 0 bridgehead atoms. The molecule has 120 valence electrons. The largest absolute Gasteiger partial charge is 0.331 e. The molecule has 1 heterocycles. The van der Waals surface area contributed by atoms with Gasteiger partial charge in [0.25, 0.3) is 0 Å². The average molecular weight is 334 g/mol. The summed E-state index contributed by atoms with van der Waals surface area (Å²) in [6, 6.07) is 10.0. The highest BCUT2D eigenvalue weighted by atomic mass is 32.2. The van der Waals surface area contributed by atoms with Crippen LogP contribution in [0.4, 0.5) is 4.39 Å². The Morgan fingerprint density at radius 3 is 2.35 bits per heavy atom. The highest BCUT2D eigenvalue weighted by Gasteiger charge is 2.20. The SMILES string of the molecule is CC(C)S(=O)(=O)c1ccc2c(c1)[nH]c(=O)n2-c1ccc(F)cc1. The fourth-order valence-corrected chi connectivity index (χ4v) is 3.47. The Balaban J connectivity index is 2.22. The average Bonchev–Trinajstić information content (AvgIpc) is 2.83. The zero-order valence-corrected chi connectivity index (χ0v) is 13.4. The number of nitrogens with zero attached hydrogens (tertiary/aromatic N) is 1. The Labute approximate surface area is 132 Å². The lowest BCUT2D eigenvalue weighted by Gasteiger charge is -2.08. The van der Waals surface area contributed by atoms with Crippen molar-refractivity contribution in [1.29, 1.82) is 0 Å². The molecular formula is C16H15FN2O3S. The van der Waals surface area contributed by atoms with Crippen molar-refractivity contribution in [2.45, 2.75) is 24.0 Å². The molecule has 0 spiro atoms. The number of benzene rings is 2. The number of hydrogen-bond acceptors (Lipinski definition) is 3. The van der Waals surface area contributed by atoms with Gasteiger partial charge in [-0.25, -0.2) is 17.6 Å². The summed E-state index contributed by atoms with van der Waals surface area (Å²) in [5.74, 6) is -0.396. The Hall–Kier alpha value is -2.41. The number of halogens is 1. The molecule has 23 heavy (non-hydrogen) atoms. The third-order valence-electron chi connectivity index (χ3n) is 3.69. The van der Waals surface area contributed by atoms with Gasteiger partial charge in [0.05, 0.1) is 26.9 Å². The third kappa shape index (κ3) is 2.57. The van der Waals surface area contributed by atoms with Gasteiger partial charge >= 0.3 is 5.69 Å². The van der Waals surface area contributed by atoms with Crippen LogP contribution in [0.25, 0.3) is 16.7 Å². The molecule has 0 radical (unpaired) electrons. The maximum atomic E-state index is 13.0. The molecule has 0 atom stereocenters. The van der Waals surface area contributed by atoms with Crippen LogP contribution in [-0.4, -0.2) is 23.2 Å². The van der Waals surface area contributed by atoms with Gasteiger partial charge in [-0.3, -0.25) is 4.57 Å². The van der Waals surface area contributed by atoms with E-state index in [0.717, 1.165) is 0 Å². The van der Waals surface area contributed by atoms with Crippen molar-refractivity contribution in [1.82, 2.24) is 9.55 Å². The van der Waals surface area contributed by atoms with Crippen molar-refractivity contribution in [2.24, 2.45) is 0 Å². The Morgan fingerprint density at radius 2 is 1.74 bits per heavy atom. The van der Waals surface area contributed by atoms with Gasteiger partial charge in [-0.15, -0.1) is 0 Å². The van der Waals surface area contributed by atoms with E-state index in [4.69, 9.17) is 0 Å². The molecule has 0 aliphatic heterocycles. The lowest BCUT2D eigenvalue weighted by atomic mass is 10.2. The van der Waals surface area contributed by atoms with Crippen LogP contribution in [0.3, 0.4) is 0 Å². The van der Waals surface area contributed by atoms with Crippen LogP contribution in [0.2, 0.25) is 0 Å². The number of nitrogens with one attached hydrogen (secondary N) is 1. The number of aromatic amines is 1. The first-order chi connectivity index (χ1) is 10.8. The van der Waals surface area contributed by atoms with Crippen molar-refractivity contribution >= 4 is 20.9 Å². The van der Waals surface area contributed by atoms with Crippen molar-refractivity contribution < 1.29 is 12.8 Å². The Morgan fingerprint density at radius 1 is 1.09 bits per heavy atom. The number of fused-ring (bicyclic) bond motifs is 1. The van der Waals surface area contributed by atoms with Gasteiger partial charge in [0.2, 0.25) is 0 Å². The number of hydrogen-bond donors (Lipinski definition) is 1. The van der Waals surface area contributed by atoms with Crippen LogP contribution in [0.1, 0.15) is 13.8 Å². The van der Waals surface area contributed by atoms with Crippen molar-refractivity contribution in [3.8, 4) is 5.69 Å². The number of rotatable bonds is 3. The van der Waals surface area contributed by atoms with E-state index >= 15 is 0 Å². The fourth-order valence-electron chi connectivity index (χ4n) is 2.39. The minimum Gasteiger partial charge on any atom is -0.305 e. The normalized spacial score (nSPS) is 12.2. The van der Waals surface area contributed by atoms with Crippen LogP contribution in [-0.2, 0) is 9.84 Å². The molecule has 0 aliphatic carbocycles. The van der Waals surface area contributed by atoms with Gasteiger partial charge in [-0.05, 0) is 56.3 Å². The third-order valence-corrected chi connectivity index (χ3v) is 5.84. The van der Waals surface area contributed by atoms with Crippen molar-refractivity contribution in [2.75, 3.05) is 0 Å². The first-order valence-electron chi connectivity index (χ1n) is 7.05. The van der Waals surface area contributed by atoms with E-state index in [2.05, 4.69) is 4.98 Å². The summed E-state index contributed by atoms with van der Waals surface area (Å²) in [6.45, 7) is 3.21. The molecule has 5 nitrogen and oxygen atoms in total. The molecule has 3 rings (SSSR count). The maximum absolute atomic E-state index is 13.0. The summed E-state index contributed by atoms with van der Waals surface area (Å²) < 4.78 is 38.9. The number of imidazole rings is 1. The molecule has 1 N–H and O–H groups in total. The number of H-pyrrole nitrogens is 1. The van der Waals surface area contributed by atoms with E-state index in [1.54, 1.807) is 19.9 Å². The number of aromatic nitrogens is 2. The van der Waals surface area contributed by atoms with Gasteiger partial charge in [-0.2, -0.15) is 0 Å². The topological polar surface area (TPSA) is 71.9 Å². The predicted molar refractivity (Wildman–Crippen MR) is 86.2 cm³/mol. The molecule has 3 aromatic rings. The zero-order chi connectivity index (χ0) is 16.8. The van der Waals surface area contributed by atoms with Crippen LogP contribution in [0, 0.1) is 5.82 Å². The van der Waals surface area contributed by atoms with Gasteiger partial charge in [0.1, 0.15) is 5.82 Å². The molecule has 0 aliphatic rings. The second-order valence-electron chi connectivity index (χ2n) is 5.51. The smallest absolute Gasteiger partial charge is 0.305 e. The summed E-state index contributed by atoms with van der Waals surface area (Å²) in [4.78, 5) is 15.0. The molecule has 0 saturated carbocycles. The molecule has 0 saturated heterocycles. The minimum atomic E-state index is -3.42. The van der Waals surface area contributed by atoms with E-state index in [9.17, 15) is 17.6 Å². The standard InChI is InChI=1S/C16H15FN2O3S/c1-10(2)23(21,22)13-7-8-15-14(9-13)18-16(20)19(15)12-5-3-11(17)4-6-12/h3-10H,1-2H3,(H,18,20). The van der Waals surface area contributed by atoms with E-state index in [1.165, 1.54) is 41.0 Å². The van der Waals surface area contributed by atoms with E-state index < -0.39 is 26.6 Å². The molecule has 2 aromatic carbocycles. The van der Waals surface area contributed by atoms with Gasteiger partial charge in [-0.1, -0.05) is 0 Å². The van der Waals surface area contributed by atoms with Crippen molar-refractivity contribution in [3.63, 3.8) is 0 Å². The van der Waals surface area contributed by atoms with E-state index in [0.29, 0.717) is 16.7 Å². The van der Waals surface area contributed by atoms with E-state index in [1.807, 2.05) is 0 Å². The molecular weight excluding hydrogens is 319 g/mol. The first kappa shape index (κ1) is 15.5. The van der Waals surface area contributed by atoms with Crippen molar-refractivity contribution in [3.05, 3.63) is 58.8 Å². The lowest BCUT2D eigenvalue weighted by Crippen LogP contribution is -2.14. The fraction of sp³-hybridized carbons (Fsp3) is 0.188. The lowest BCUT2D eigenvalue weighted by molar-refractivity contribution is 0.587. The van der Waals surface area contributed by atoms with Crippen LogP contribution >= 0.6 is 0 Å². The summed E-state index contributed by atoms with van der Waals surface area (Å²) >= 11 is 0. The highest BCUT2D eigenvalue weighted by molar-refractivity contribution is 7.92. The summed E-state index contributed by atoms with van der Waals surface area (Å²) in [6.07, 6.45) is 0. The second kappa shape index (κ2) is 5.34. The van der Waals surface area contributed by atoms with Gasteiger partial charge < -0.3 is 4.98 Å². The quantitative estimate of drug-likeness (QED) is 0.800. The van der Waals surface area contributed by atoms with E-state index in [-0.39, 0.29) is 4.90 Å². The summed E-state index contributed by atoms with van der Waals surface area (Å²) in [5.41, 5.74) is 1.04. The molecule has 0 unspecified atom stereocenters. The summed E-state index contributed by atoms with van der Waals surface area (Å²) in [7, 11) is -3.42. The predicted octanol–water partition coefficient (Wildman–Crippen LogP) is 2.64. The van der Waals surface area contributed by atoms with Gasteiger partial charge in [0, 0.05) is 0 Å². The molecule has 0 amide bonds. The highest BCUT2D eigenvalue weighted by Crippen LogP contribution is 2.22. The molecule has 1 aromatic heterocycles.